The molecule has 0 aliphatic carbocycles. The van der Waals surface area contributed by atoms with Gasteiger partial charge in [-0.2, -0.15) is 0 Å². The Bertz CT molecular complexity index is 616. The fourth-order valence-corrected chi connectivity index (χ4v) is 3.63. The van der Waals surface area contributed by atoms with E-state index in [1.807, 2.05) is 24.3 Å². The summed E-state index contributed by atoms with van der Waals surface area (Å²) in [6, 6.07) is 12.7. The van der Waals surface area contributed by atoms with Gasteiger partial charge in [0.15, 0.2) is 0 Å². The van der Waals surface area contributed by atoms with Crippen molar-refractivity contribution in [2.75, 3.05) is 0 Å². The van der Waals surface area contributed by atoms with Gasteiger partial charge in [0, 0.05) is 11.6 Å². The van der Waals surface area contributed by atoms with E-state index in [1.54, 1.807) is 18.2 Å². The minimum atomic E-state index is -1.21. The van der Waals surface area contributed by atoms with Crippen LogP contribution in [0, 0.1) is 0 Å². The number of hydrogen-bond acceptors (Lipinski definition) is 2. The van der Waals surface area contributed by atoms with Crippen molar-refractivity contribution in [2.45, 2.75) is 17.2 Å². The van der Waals surface area contributed by atoms with Crippen molar-refractivity contribution >= 4 is 34.0 Å². The van der Waals surface area contributed by atoms with E-state index in [-0.39, 0.29) is 0 Å². The van der Waals surface area contributed by atoms with Gasteiger partial charge in [0.2, 0.25) is 0 Å². The Balaban J connectivity index is 2.22. The van der Waals surface area contributed by atoms with Crippen LogP contribution in [0.3, 0.4) is 0 Å². The van der Waals surface area contributed by atoms with Crippen LogP contribution in [0.5, 0.6) is 0 Å². The number of halogens is 2. The summed E-state index contributed by atoms with van der Waals surface area (Å²) in [5.74, 6) is 0.341. The quantitative estimate of drug-likeness (QED) is 0.934. The van der Waals surface area contributed by atoms with Crippen LogP contribution < -0.4 is 5.73 Å². The van der Waals surface area contributed by atoms with Crippen LogP contribution in [0.1, 0.15) is 11.1 Å². The third-order valence-electron chi connectivity index (χ3n) is 2.72. The average molecular weight is 314 g/mol. The maximum Gasteiger partial charge on any atom is 0.0589 e. The summed E-state index contributed by atoms with van der Waals surface area (Å²) in [7, 11) is -1.21. The Morgan fingerprint density at radius 1 is 1.05 bits per heavy atom. The molecule has 0 spiro atoms. The van der Waals surface area contributed by atoms with Crippen LogP contribution >= 0.6 is 23.2 Å². The van der Waals surface area contributed by atoms with E-state index < -0.39 is 10.8 Å². The smallest absolute Gasteiger partial charge is 0.0589 e. The number of benzene rings is 2. The topological polar surface area (TPSA) is 43.1 Å². The van der Waals surface area contributed by atoms with Gasteiger partial charge in [-0.05, 0) is 29.3 Å². The van der Waals surface area contributed by atoms with E-state index >= 15 is 0 Å². The highest BCUT2D eigenvalue weighted by atomic mass is 35.5. The lowest BCUT2D eigenvalue weighted by atomic mass is 10.1. The standard InChI is InChI=1S/C14H13Cl2NOS/c15-12-3-1-2-4-14(12)19(18)9-11-6-5-10(8-17)7-13(11)16/h1-7H,8-9,17H2. The molecule has 2 aromatic rings. The molecule has 0 aliphatic heterocycles. The van der Waals surface area contributed by atoms with Gasteiger partial charge in [-0.25, -0.2) is 0 Å². The van der Waals surface area contributed by atoms with Crippen LogP contribution in [0.2, 0.25) is 10.0 Å². The van der Waals surface area contributed by atoms with Gasteiger partial charge in [0.25, 0.3) is 0 Å². The lowest BCUT2D eigenvalue weighted by Gasteiger charge is -2.07. The van der Waals surface area contributed by atoms with E-state index in [9.17, 15) is 4.21 Å². The lowest BCUT2D eigenvalue weighted by Crippen LogP contribution is -2.00. The fraction of sp³-hybridized carbons (Fsp3) is 0.143. The van der Waals surface area contributed by atoms with Crippen molar-refractivity contribution in [2.24, 2.45) is 5.73 Å². The molecule has 0 heterocycles. The maximum absolute atomic E-state index is 12.3. The third-order valence-corrected chi connectivity index (χ3v) is 4.93. The van der Waals surface area contributed by atoms with Crippen molar-refractivity contribution in [3.05, 3.63) is 63.6 Å². The van der Waals surface area contributed by atoms with Gasteiger partial charge in [-0.15, -0.1) is 0 Å². The molecule has 1 atom stereocenters. The highest BCUT2D eigenvalue weighted by molar-refractivity contribution is 7.84. The molecule has 0 saturated heterocycles. The first kappa shape index (κ1) is 14.5. The molecule has 2 aromatic carbocycles. The summed E-state index contributed by atoms with van der Waals surface area (Å²) in [6.45, 7) is 0.438. The monoisotopic (exact) mass is 313 g/mol. The van der Waals surface area contributed by atoms with E-state index in [0.717, 1.165) is 11.1 Å². The molecule has 0 aromatic heterocycles. The van der Waals surface area contributed by atoms with Crippen LogP contribution in [0.15, 0.2) is 47.4 Å². The molecule has 0 amide bonds. The second-order valence-electron chi connectivity index (χ2n) is 4.05. The van der Waals surface area contributed by atoms with Crippen LogP contribution in [0.25, 0.3) is 0 Å². The van der Waals surface area contributed by atoms with Gasteiger partial charge in [0.05, 0.1) is 26.5 Å². The molecular formula is C14H13Cl2NOS. The molecule has 2 rings (SSSR count). The van der Waals surface area contributed by atoms with Gasteiger partial charge < -0.3 is 5.73 Å². The molecule has 2 nitrogen and oxygen atoms in total. The highest BCUT2D eigenvalue weighted by Gasteiger charge is 2.11. The Labute approximate surface area is 125 Å². The zero-order valence-electron chi connectivity index (χ0n) is 10.1. The van der Waals surface area contributed by atoms with E-state index in [0.29, 0.717) is 27.2 Å². The lowest BCUT2D eigenvalue weighted by molar-refractivity contribution is 0.682. The Morgan fingerprint density at radius 2 is 1.79 bits per heavy atom. The van der Waals surface area contributed by atoms with Crippen LogP contribution in [-0.2, 0) is 23.1 Å². The molecular weight excluding hydrogens is 301 g/mol. The summed E-state index contributed by atoms with van der Waals surface area (Å²) in [4.78, 5) is 0.628. The first-order chi connectivity index (χ1) is 9.11. The SMILES string of the molecule is NCc1ccc(CS(=O)c2ccccc2Cl)c(Cl)c1. The number of rotatable bonds is 4. The summed E-state index contributed by atoms with van der Waals surface area (Å²) in [5.41, 5.74) is 7.33. The van der Waals surface area contributed by atoms with Crippen molar-refractivity contribution in [1.29, 1.82) is 0 Å². The number of nitrogens with two attached hydrogens (primary N) is 1. The molecule has 0 radical (unpaired) electrons. The third kappa shape index (κ3) is 3.57. The maximum atomic E-state index is 12.3. The van der Waals surface area contributed by atoms with Crippen molar-refractivity contribution < 1.29 is 4.21 Å². The molecule has 2 N–H and O–H groups in total. The first-order valence-electron chi connectivity index (χ1n) is 5.72. The van der Waals surface area contributed by atoms with Gasteiger partial charge in [0.1, 0.15) is 0 Å². The molecule has 1 unspecified atom stereocenters. The zero-order chi connectivity index (χ0) is 13.8. The van der Waals surface area contributed by atoms with E-state index in [4.69, 9.17) is 28.9 Å². The van der Waals surface area contributed by atoms with Crippen molar-refractivity contribution in [3.8, 4) is 0 Å². The Kier molecular flexibility index (Phi) is 4.99. The molecule has 0 saturated carbocycles. The van der Waals surface area contributed by atoms with E-state index in [2.05, 4.69) is 0 Å². The predicted molar refractivity (Wildman–Crippen MR) is 80.9 cm³/mol. The minimum Gasteiger partial charge on any atom is -0.326 e. The average Bonchev–Trinajstić information content (AvgIpc) is 2.41. The van der Waals surface area contributed by atoms with Gasteiger partial charge >= 0.3 is 0 Å². The van der Waals surface area contributed by atoms with Crippen LogP contribution in [-0.4, -0.2) is 4.21 Å². The van der Waals surface area contributed by atoms with E-state index in [1.165, 1.54) is 0 Å². The summed E-state index contributed by atoms with van der Waals surface area (Å²) in [6.07, 6.45) is 0. The molecule has 0 bridgehead atoms. The normalized spacial score (nSPS) is 12.4. The Hall–Kier alpha value is -0.870. The predicted octanol–water partition coefficient (Wildman–Crippen LogP) is 3.76. The highest BCUT2D eigenvalue weighted by Crippen LogP contribution is 2.25. The zero-order valence-corrected chi connectivity index (χ0v) is 12.4. The first-order valence-corrected chi connectivity index (χ1v) is 7.79. The molecule has 0 aliphatic rings. The molecule has 5 heteroatoms. The number of hydrogen-bond donors (Lipinski definition) is 1. The second-order valence-corrected chi connectivity index (χ2v) is 6.28. The summed E-state index contributed by atoms with van der Waals surface area (Å²) < 4.78 is 12.3. The molecule has 19 heavy (non-hydrogen) atoms. The molecule has 100 valence electrons. The largest absolute Gasteiger partial charge is 0.326 e. The van der Waals surface area contributed by atoms with Crippen molar-refractivity contribution in [3.63, 3.8) is 0 Å². The van der Waals surface area contributed by atoms with Gasteiger partial charge in [-0.3, -0.25) is 4.21 Å². The van der Waals surface area contributed by atoms with Crippen LogP contribution in [0.4, 0.5) is 0 Å². The van der Waals surface area contributed by atoms with Gasteiger partial charge in [-0.1, -0.05) is 47.5 Å². The van der Waals surface area contributed by atoms with Crippen molar-refractivity contribution in [1.82, 2.24) is 0 Å². The summed E-state index contributed by atoms with van der Waals surface area (Å²) >= 11 is 12.2. The fourth-order valence-electron chi connectivity index (χ4n) is 1.68. The molecule has 0 fully saturated rings. The Morgan fingerprint density at radius 3 is 2.42 bits per heavy atom. The second kappa shape index (κ2) is 6.53. The summed E-state index contributed by atoms with van der Waals surface area (Å²) in [5, 5.41) is 1.10. The minimum absolute atomic E-state index is 0.341.